The summed E-state index contributed by atoms with van der Waals surface area (Å²) in [5, 5.41) is 6.02. The number of nitrogens with zero attached hydrogens (tertiary/aromatic N) is 2. The van der Waals surface area contributed by atoms with E-state index >= 15 is 0 Å². The quantitative estimate of drug-likeness (QED) is 0.416. The second kappa shape index (κ2) is 5.26. The van der Waals surface area contributed by atoms with E-state index in [4.69, 9.17) is 11.6 Å². The molecule has 13 heavy (non-hydrogen) atoms. The number of carbonyl (C=O) groups is 2. The summed E-state index contributed by atoms with van der Waals surface area (Å²) in [4.78, 5) is 20.9. The average molecular weight is 206 g/mol. The molecule has 0 rings (SSSR count). The second-order valence-electron chi connectivity index (χ2n) is 1.93. The van der Waals surface area contributed by atoms with Crippen LogP contribution < -0.4 is 5.73 Å². The first-order valence-corrected chi connectivity index (χ1v) is 3.52. The number of primary amides is 1. The molecule has 0 aromatic rings. The number of methoxy groups -OCH3 is 1. The second-order valence-corrected chi connectivity index (χ2v) is 2.31. The third kappa shape index (κ3) is 4.22. The van der Waals surface area contributed by atoms with Crippen molar-refractivity contribution in [1.29, 1.82) is 0 Å². The Morgan fingerprint density at radius 3 is 2.31 bits per heavy atom. The third-order valence-electron chi connectivity index (χ3n) is 0.981. The molecule has 0 radical (unpaired) electrons. The Morgan fingerprint density at radius 2 is 1.92 bits per heavy atom. The summed E-state index contributed by atoms with van der Waals surface area (Å²) < 4.78 is 4.29. The molecule has 0 unspecified atom stereocenters. The fourth-order valence-corrected chi connectivity index (χ4v) is 0.520. The Labute approximate surface area is 79.4 Å². The van der Waals surface area contributed by atoms with Crippen LogP contribution >= 0.6 is 11.6 Å². The van der Waals surface area contributed by atoms with Crippen molar-refractivity contribution in [3.8, 4) is 0 Å². The van der Waals surface area contributed by atoms with E-state index in [9.17, 15) is 9.59 Å². The normalized spacial score (nSPS) is 12.5. The largest absolute Gasteiger partial charge is 0.465 e. The molecular formula is C6H8ClN3O3. The van der Waals surface area contributed by atoms with E-state index in [1.807, 2.05) is 0 Å². The molecule has 0 atom stereocenters. The maximum atomic E-state index is 10.8. The van der Waals surface area contributed by atoms with E-state index in [1.54, 1.807) is 0 Å². The van der Waals surface area contributed by atoms with Crippen molar-refractivity contribution < 1.29 is 14.3 Å². The molecule has 0 aliphatic rings. The van der Waals surface area contributed by atoms with Crippen LogP contribution in [0.4, 0.5) is 4.79 Å². The lowest BCUT2D eigenvalue weighted by Crippen LogP contribution is -2.04. The van der Waals surface area contributed by atoms with Crippen LogP contribution in [-0.2, 0) is 9.53 Å². The van der Waals surface area contributed by atoms with Gasteiger partial charge >= 0.3 is 12.0 Å². The highest BCUT2D eigenvalue weighted by molar-refractivity contribution is 6.41. The number of halogens is 1. The van der Waals surface area contributed by atoms with Gasteiger partial charge in [-0.15, -0.1) is 5.11 Å². The zero-order valence-corrected chi connectivity index (χ0v) is 7.83. The van der Waals surface area contributed by atoms with Crippen LogP contribution in [0.5, 0.6) is 0 Å². The van der Waals surface area contributed by atoms with Crippen molar-refractivity contribution in [2.24, 2.45) is 16.0 Å². The van der Waals surface area contributed by atoms with Crippen molar-refractivity contribution >= 4 is 23.6 Å². The van der Waals surface area contributed by atoms with Gasteiger partial charge < -0.3 is 10.5 Å². The van der Waals surface area contributed by atoms with Gasteiger partial charge in [-0.3, -0.25) is 0 Å². The molecule has 0 saturated carbocycles. The minimum absolute atomic E-state index is 0.0623. The zero-order chi connectivity index (χ0) is 10.4. The maximum Gasteiger partial charge on any atom is 0.356 e. The minimum atomic E-state index is -0.964. The highest BCUT2D eigenvalue weighted by Gasteiger charge is 2.09. The van der Waals surface area contributed by atoms with Crippen LogP contribution in [0.3, 0.4) is 0 Å². The number of amides is 2. The number of carbonyl (C=O) groups excluding carboxylic acids is 2. The molecule has 6 nitrogen and oxygen atoms in total. The van der Waals surface area contributed by atoms with Gasteiger partial charge in [-0.1, -0.05) is 16.7 Å². The van der Waals surface area contributed by atoms with E-state index < -0.39 is 12.0 Å². The van der Waals surface area contributed by atoms with Crippen LogP contribution in [0, 0.1) is 0 Å². The first kappa shape index (κ1) is 11.6. The number of allylic oxidation sites excluding steroid dienone is 1. The van der Waals surface area contributed by atoms with Gasteiger partial charge in [0.1, 0.15) is 5.03 Å². The SMILES string of the molecule is COC(=O)/C(Cl)=C(\C)N=NC(N)=O. The molecule has 72 valence electrons. The molecule has 0 aliphatic carbocycles. The molecular weight excluding hydrogens is 198 g/mol. The van der Waals surface area contributed by atoms with E-state index in [2.05, 4.69) is 20.7 Å². The monoisotopic (exact) mass is 205 g/mol. The third-order valence-corrected chi connectivity index (χ3v) is 1.41. The maximum absolute atomic E-state index is 10.8. The lowest BCUT2D eigenvalue weighted by Gasteiger charge is -1.96. The molecule has 0 heterocycles. The molecule has 0 fully saturated rings. The molecule has 0 aliphatic heterocycles. The first-order chi connectivity index (χ1) is 5.99. The van der Waals surface area contributed by atoms with Gasteiger partial charge in [0.15, 0.2) is 0 Å². The molecule has 0 bridgehead atoms. The Bertz CT molecular complexity index is 285. The fraction of sp³-hybridized carbons (Fsp3) is 0.333. The Hall–Kier alpha value is -1.43. The molecule has 0 aromatic heterocycles. The van der Waals surface area contributed by atoms with Crippen molar-refractivity contribution in [2.45, 2.75) is 6.92 Å². The molecule has 7 heteroatoms. The lowest BCUT2D eigenvalue weighted by atomic mass is 10.4. The van der Waals surface area contributed by atoms with Gasteiger partial charge in [0.25, 0.3) is 0 Å². The van der Waals surface area contributed by atoms with Crippen LogP contribution in [-0.4, -0.2) is 19.1 Å². The number of esters is 1. The standard InChI is InChI=1S/C6H8ClN3O3/c1-3(9-10-6(8)12)4(7)5(11)13-2/h1-2H3,(H2,8,12)/b4-3-,10-9?. The Morgan fingerprint density at radius 1 is 1.38 bits per heavy atom. The van der Waals surface area contributed by atoms with Gasteiger partial charge in [-0.25, -0.2) is 9.59 Å². The van der Waals surface area contributed by atoms with Crippen molar-refractivity contribution in [1.82, 2.24) is 0 Å². The van der Waals surface area contributed by atoms with E-state index in [-0.39, 0.29) is 10.7 Å². The van der Waals surface area contributed by atoms with E-state index in [0.29, 0.717) is 0 Å². The Kier molecular flexibility index (Phi) is 4.68. The summed E-state index contributed by atoms with van der Waals surface area (Å²) >= 11 is 5.46. The number of azo groups is 1. The van der Waals surface area contributed by atoms with Crippen molar-refractivity contribution in [3.05, 3.63) is 10.7 Å². The van der Waals surface area contributed by atoms with Crippen molar-refractivity contribution in [2.75, 3.05) is 7.11 Å². The number of urea groups is 1. The van der Waals surface area contributed by atoms with Crippen LogP contribution in [0.1, 0.15) is 6.92 Å². The first-order valence-electron chi connectivity index (χ1n) is 3.15. The Balaban J connectivity index is 4.62. The summed E-state index contributed by atoms with van der Waals surface area (Å²) in [6.07, 6.45) is 0. The summed E-state index contributed by atoms with van der Waals surface area (Å²) in [6, 6.07) is -0.964. The van der Waals surface area contributed by atoms with Crippen LogP contribution in [0.15, 0.2) is 21.0 Å². The van der Waals surface area contributed by atoms with Gasteiger partial charge in [0, 0.05) is 0 Å². The highest BCUT2D eigenvalue weighted by Crippen LogP contribution is 2.11. The smallest absolute Gasteiger partial charge is 0.356 e. The molecule has 0 spiro atoms. The lowest BCUT2D eigenvalue weighted by molar-refractivity contribution is -0.135. The van der Waals surface area contributed by atoms with Crippen LogP contribution in [0.25, 0.3) is 0 Å². The summed E-state index contributed by atoms with van der Waals surface area (Å²) in [5.74, 6) is -0.748. The van der Waals surface area contributed by atoms with Gasteiger partial charge in [-0.2, -0.15) is 0 Å². The number of hydrogen-bond donors (Lipinski definition) is 1. The van der Waals surface area contributed by atoms with Gasteiger partial charge in [0.05, 0.1) is 12.8 Å². The van der Waals surface area contributed by atoms with E-state index in [1.165, 1.54) is 14.0 Å². The zero-order valence-electron chi connectivity index (χ0n) is 7.07. The molecule has 0 saturated heterocycles. The topological polar surface area (TPSA) is 94.1 Å². The number of hydrogen-bond acceptors (Lipinski definition) is 4. The molecule has 0 aromatic carbocycles. The van der Waals surface area contributed by atoms with Gasteiger partial charge in [0.2, 0.25) is 0 Å². The summed E-state index contributed by atoms with van der Waals surface area (Å²) in [5.41, 5.74) is 4.73. The molecule has 2 amide bonds. The molecule has 2 N–H and O–H groups in total. The fourth-order valence-electron chi connectivity index (χ4n) is 0.405. The van der Waals surface area contributed by atoms with E-state index in [0.717, 1.165) is 0 Å². The number of nitrogens with two attached hydrogens (primary N) is 1. The minimum Gasteiger partial charge on any atom is -0.465 e. The van der Waals surface area contributed by atoms with Gasteiger partial charge in [-0.05, 0) is 6.92 Å². The number of ether oxygens (including phenoxy) is 1. The summed E-state index contributed by atoms with van der Waals surface area (Å²) in [6.45, 7) is 1.39. The number of rotatable bonds is 2. The van der Waals surface area contributed by atoms with Crippen molar-refractivity contribution in [3.63, 3.8) is 0 Å². The highest BCUT2D eigenvalue weighted by atomic mass is 35.5. The average Bonchev–Trinajstić information content (AvgIpc) is 2.11. The predicted molar refractivity (Wildman–Crippen MR) is 45.0 cm³/mol. The summed E-state index contributed by atoms with van der Waals surface area (Å²) in [7, 11) is 1.17. The predicted octanol–water partition coefficient (Wildman–Crippen LogP) is 1.16. The van der Waals surface area contributed by atoms with Crippen LogP contribution in [0.2, 0.25) is 0 Å².